The molecule has 1 N–H and O–H groups in total. The Morgan fingerprint density at radius 2 is 1.81 bits per heavy atom. The molecule has 5 nitrogen and oxygen atoms in total. The molecule has 0 unspecified atom stereocenters. The van der Waals surface area contributed by atoms with Gasteiger partial charge in [0.1, 0.15) is 0 Å². The van der Waals surface area contributed by atoms with Gasteiger partial charge in [0.25, 0.3) is 0 Å². The SMILES string of the molecule is CS(=O)(=O)c1cccc(C(=O)O)c1N1CCC2(CC1)CC2. The highest BCUT2D eigenvalue weighted by atomic mass is 32.2. The smallest absolute Gasteiger partial charge is 0.337 e. The number of carbonyl (C=O) groups is 1. The number of carboxylic acids is 1. The number of hydrogen-bond donors (Lipinski definition) is 1. The van der Waals surface area contributed by atoms with Crippen molar-refractivity contribution in [1.82, 2.24) is 0 Å². The van der Waals surface area contributed by atoms with Gasteiger partial charge in [0.2, 0.25) is 0 Å². The van der Waals surface area contributed by atoms with E-state index >= 15 is 0 Å². The van der Waals surface area contributed by atoms with E-state index < -0.39 is 15.8 Å². The van der Waals surface area contributed by atoms with Crippen molar-refractivity contribution < 1.29 is 18.3 Å². The van der Waals surface area contributed by atoms with Crippen molar-refractivity contribution in [1.29, 1.82) is 0 Å². The Morgan fingerprint density at radius 3 is 2.29 bits per heavy atom. The molecule has 1 saturated heterocycles. The van der Waals surface area contributed by atoms with E-state index in [2.05, 4.69) is 0 Å². The van der Waals surface area contributed by atoms with Crippen LogP contribution in [0.1, 0.15) is 36.0 Å². The first kappa shape index (κ1) is 14.4. The summed E-state index contributed by atoms with van der Waals surface area (Å²) < 4.78 is 24.0. The molecular weight excluding hydrogens is 290 g/mol. The lowest BCUT2D eigenvalue weighted by Crippen LogP contribution is -2.36. The number of para-hydroxylation sites is 1. The lowest BCUT2D eigenvalue weighted by atomic mass is 9.93. The molecule has 0 amide bonds. The molecule has 0 aromatic heterocycles. The van der Waals surface area contributed by atoms with Crippen LogP contribution in [0.4, 0.5) is 5.69 Å². The van der Waals surface area contributed by atoms with Gasteiger partial charge < -0.3 is 10.0 Å². The minimum absolute atomic E-state index is 0.0738. The molecule has 3 rings (SSSR count). The Bertz CT molecular complexity index is 682. The third-order valence-electron chi connectivity index (χ3n) is 4.73. The topological polar surface area (TPSA) is 74.7 Å². The van der Waals surface area contributed by atoms with Crippen molar-refractivity contribution in [3.8, 4) is 0 Å². The van der Waals surface area contributed by atoms with Gasteiger partial charge >= 0.3 is 5.97 Å². The second-order valence-corrected chi connectivity index (χ2v) is 8.20. The highest BCUT2D eigenvalue weighted by Gasteiger charge is 2.45. The third kappa shape index (κ3) is 2.64. The monoisotopic (exact) mass is 309 g/mol. The second-order valence-electron chi connectivity index (χ2n) is 6.22. The Hall–Kier alpha value is -1.56. The zero-order valence-corrected chi connectivity index (χ0v) is 12.8. The molecule has 114 valence electrons. The number of carboxylic acid groups (broad SMARTS) is 1. The standard InChI is InChI=1S/C15H19NO4S/c1-21(19,20)12-4-2-3-11(14(17)18)13(12)16-9-7-15(5-6-15)8-10-16/h2-4H,5-10H2,1H3,(H,17,18). The molecule has 0 radical (unpaired) electrons. The quantitative estimate of drug-likeness (QED) is 0.926. The molecule has 1 saturated carbocycles. The fraction of sp³-hybridized carbons (Fsp3) is 0.533. The minimum Gasteiger partial charge on any atom is -0.478 e. The molecule has 2 fully saturated rings. The molecule has 6 heteroatoms. The summed E-state index contributed by atoms with van der Waals surface area (Å²) >= 11 is 0. The first-order chi connectivity index (χ1) is 9.82. The molecule has 1 heterocycles. The van der Waals surface area contributed by atoms with E-state index in [1.54, 1.807) is 0 Å². The minimum atomic E-state index is -3.46. The fourth-order valence-corrected chi connectivity index (χ4v) is 4.12. The lowest BCUT2D eigenvalue weighted by molar-refractivity contribution is 0.0697. The number of piperidine rings is 1. The highest BCUT2D eigenvalue weighted by molar-refractivity contribution is 7.90. The van der Waals surface area contributed by atoms with Crippen LogP contribution in [-0.4, -0.2) is 38.8 Å². The van der Waals surface area contributed by atoms with Crippen molar-refractivity contribution >= 4 is 21.5 Å². The van der Waals surface area contributed by atoms with Gasteiger partial charge in [0.15, 0.2) is 9.84 Å². The van der Waals surface area contributed by atoms with Crippen LogP contribution >= 0.6 is 0 Å². The van der Waals surface area contributed by atoms with Gasteiger partial charge in [0, 0.05) is 19.3 Å². The molecular formula is C15H19NO4S. The number of rotatable bonds is 3. The maximum absolute atomic E-state index is 12.0. The highest BCUT2D eigenvalue weighted by Crippen LogP contribution is 2.54. The van der Waals surface area contributed by atoms with Crippen LogP contribution in [-0.2, 0) is 9.84 Å². The molecule has 1 spiro atoms. The molecule has 1 aromatic rings. The van der Waals surface area contributed by atoms with E-state index in [-0.39, 0.29) is 10.5 Å². The summed E-state index contributed by atoms with van der Waals surface area (Å²) in [7, 11) is -3.46. The summed E-state index contributed by atoms with van der Waals surface area (Å²) in [5.74, 6) is -1.08. The van der Waals surface area contributed by atoms with E-state index in [9.17, 15) is 18.3 Å². The summed E-state index contributed by atoms with van der Waals surface area (Å²) in [6.45, 7) is 1.46. The van der Waals surface area contributed by atoms with Gasteiger partial charge in [-0.2, -0.15) is 0 Å². The van der Waals surface area contributed by atoms with Crippen LogP contribution in [0.5, 0.6) is 0 Å². The van der Waals surface area contributed by atoms with E-state index in [0.29, 0.717) is 11.1 Å². The first-order valence-electron chi connectivity index (χ1n) is 7.14. The van der Waals surface area contributed by atoms with Crippen LogP contribution < -0.4 is 4.90 Å². The van der Waals surface area contributed by atoms with E-state index in [1.807, 2.05) is 4.90 Å². The predicted molar refractivity (Wildman–Crippen MR) is 79.6 cm³/mol. The summed E-state index contributed by atoms with van der Waals surface area (Å²) in [4.78, 5) is 13.5. The Labute approximate surface area is 124 Å². The van der Waals surface area contributed by atoms with Crippen LogP contribution in [0.3, 0.4) is 0 Å². The normalized spacial score (nSPS) is 20.5. The predicted octanol–water partition coefficient (Wildman–Crippen LogP) is 2.17. The Morgan fingerprint density at radius 1 is 1.19 bits per heavy atom. The largest absolute Gasteiger partial charge is 0.478 e. The van der Waals surface area contributed by atoms with Crippen LogP contribution in [0.25, 0.3) is 0 Å². The average Bonchev–Trinajstić information content (AvgIpc) is 3.17. The molecule has 1 aliphatic carbocycles. The zero-order chi connectivity index (χ0) is 15.3. The average molecular weight is 309 g/mol. The van der Waals surface area contributed by atoms with E-state index in [1.165, 1.54) is 31.0 Å². The number of anilines is 1. The first-order valence-corrected chi connectivity index (χ1v) is 9.03. The third-order valence-corrected chi connectivity index (χ3v) is 5.85. The summed E-state index contributed by atoms with van der Waals surface area (Å²) in [5.41, 5.74) is 0.896. The van der Waals surface area contributed by atoms with Gasteiger partial charge in [-0.25, -0.2) is 13.2 Å². The molecule has 21 heavy (non-hydrogen) atoms. The molecule has 1 aliphatic heterocycles. The van der Waals surface area contributed by atoms with Gasteiger partial charge in [-0.3, -0.25) is 0 Å². The summed E-state index contributed by atoms with van der Waals surface area (Å²) in [5, 5.41) is 9.38. The lowest BCUT2D eigenvalue weighted by Gasteiger charge is -2.35. The van der Waals surface area contributed by atoms with Crippen LogP contribution in [0.15, 0.2) is 23.1 Å². The van der Waals surface area contributed by atoms with Gasteiger partial charge in [-0.1, -0.05) is 6.07 Å². The molecule has 0 bridgehead atoms. The number of sulfone groups is 1. The molecule has 1 aromatic carbocycles. The Kier molecular flexibility index (Phi) is 3.24. The molecule has 2 aliphatic rings. The number of nitrogens with zero attached hydrogens (tertiary/aromatic N) is 1. The zero-order valence-electron chi connectivity index (χ0n) is 12.0. The van der Waals surface area contributed by atoms with Crippen LogP contribution in [0, 0.1) is 5.41 Å². The van der Waals surface area contributed by atoms with Gasteiger partial charge in [0.05, 0.1) is 16.1 Å². The second kappa shape index (κ2) is 4.73. The van der Waals surface area contributed by atoms with Crippen LogP contribution in [0.2, 0.25) is 0 Å². The maximum Gasteiger partial charge on any atom is 0.337 e. The van der Waals surface area contributed by atoms with Crippen molar-refractivity contribution in [3.63, 3.8) is 0 Å². The van der Waals surface area contributed by atoms with Crippen molar-refractivity contribution in [2.75, 3.05) is 24.2 Å². The molecule has 0 atom stereocenters. The number of hydrogen-bond acceptors (Lipinski definition) is 4. The van der Waals surface area contributed by atoms with Crippen molar-refractivity contribution in [2.24, 2.45) is 5.41 Å². The van der Waals surface area contributed by atoms with Gasteiger partial charge in [-0.15, -0.1) is 0 Å². The maximum atomic E-state index is 12.0. The summed E-state index contributed by atoms with van der Waals surface area (Å²) in [6.07, 6.45) is 5.67. The van der Waals surface area contributed by atoms with E-state index in [4.69, 9.17) is 0 Å². The van der Waals surface area contributed by atoms with Gasteiger partial charge in [-0.05, 0) is 43.2 Å². The van der Waals surface area contributed by atoms with Crippen molar-refractivity contribution in [3.05, 3.63) is 23.8 Å². The Balaban J connectivity index is 2.04. The van der Waals surface area contributed by atoms with E-state index in [0.717, 1.165) is 32.2 Å². The fourth-order valence-electron chi connectivity index (χ4n) is 3.20. The number of benzene rings is 1. The summed E-state index contributed by atoms with van der Waals surface area (Å²) in [6, 6.07) is 4.47. The van der Waals surface area contributed by atoms with Crippen molar-refractivity contribution in [2.45, 2.75) is 30.6 Å². The number of aromatic carboxylic acids is 1.